The molecule has 1 unspecified atom stereocenters. The number of aromatic nitrogens is 1. The van der Waals surface area contributed by atoms with Crippen molar-refractivity contribution in [2.75, 3.05) is 5.32 Å². The van der Waals surface area contributed by atoms with Crippen LogP contribution in [0.5, 0.6) is 0 Å². The van der Waals surface area contributed by atoms with E-state index in [0.29, 0.717) is 5.92 Å². The maximum atomic E-state index is 4.34. The summed E-state index contributed by atoms with van der Waals surface area (Å²) in [7, 11) is 0. The lowest BCUT2D eigenvalue weighted by Crippen LogP contribution is -2.26. The molecule has 2 heterocycles. The average molecular weight is 202 g/mol. The minimum absolute atomic E-state index is 0.171. The average Bonchev–Trinajstić information content (AvgIpc) is 2.82. The molecule has 3 rings (SSSR count). The Morgan fingerprint density at radius 1 is 1.27 bits per heavy atom. The van der Waals surface area contributed by atoms with Gasteiger partial charge in [0, 0.05) is 12.1 Å². The zero-order valence-corrected chi connectivity index (χ0v) is 8.56. The zero-order chi connectivity index (χ0) is 10.1. The molecule has 15 heavy (non-hydrogen) atoms. The minimum atomic E-state index is 0.171. The van der Waals surface area contributed by atoms with Gasteiger partial charge in [-0.15, -0.1) is 0 Å². The molecule has 1 fully saturated rings. The SMILES string of the molecule is c1cc2c(cn1)NC(C1CCCC1)N=N2. The molecule has 1 saturated carbocycles. The summed E-state index contributed by atoms with van der Waals surface area (Å²) in [5, 5.41) is 12.0. The van der Waals surface area contributed by atoms with Gasteiger partial charge in [0.25, 0.3) is 0 Å². The Balaban J connectivity index is 1.82. The Kier molecular flexibility index (Phi) is 2.12. The molecule has 1 N–H and O–H groups in total. The van der Waals surface area contributed by atoms with Crippen LogP contribution >= 0.6 is 0 Å². The Labute approximate surface area is 88.8 Å². The van der Waals surface area contributed by atoms with Crippen LogP contribution in [0.4, 0.5) is 11.4 Å². The van der Waals surface area contributed by atoms with Gasteiger partial charge in [-0.1, -0.05) is 12.8 Å². The highest BCUT2D eigenvalue weighted by Gasteiger charge is 2.27. The third-order valence-corrected chi connectivity index (χ3v) is 3.24. The predicted molar refractivity (Wildman–Crippen MR) is 58.1 cm³/mol. The van der Waals surface area contributed by atoms with E-state index in [2.05, 4.69) is 20.5 Å². The molecule has 1 aromatic heterocycles. The van der Waals surface area contributed by atoms with Crippen LogP contribution in [0, 0.1) is 5.92 Å². The van der Waals surface area contributed by atoms with Crippen molar-refractivity contribution in [3.05, 3.63) is 18.5 Å². The van der Waals surface area contributed by atoms with Crippen LogP contribution < -0.4 is 5.32 Å². The maximum Gasteiger partial charge on any atom is 0.143 e. The molecule has 0 radical (unpaired) electrons. The fraction of sp³-hybridized carbons (Fsp3) is 0.545. The van der Waals surface area contributed by atoms with E-state index in [9.17, 15) is 0 Å². The second kappa shape index (κ2) is 3.61. The number of azo groups is 1. The van der Waals surface area contributed by atoms with Crippen molar-refractivity contribution in [3.8, 4) is 0 Å². The molecular formula is C11H14N4. The first-order chi connectivity index (χ1) is 7.43. The molecule has 1 aromatic rings. The second-order valence-electron chi connectivity index (χ2n) is 4.24. The molecule has 2 aliphatic rings. The van der Waals surface area contributed by atoms with Gasteiger partial charge in [0.05, 0.1) is 11.9 Å². The number of hydrogen-bond acceptors (Lipinski definition) is 4. The summed E-state index contributed by atoms with van der Waals surface area (Å²) < 4.78 is 0. The summed E-state index contributed by atoms with van der Waals surface area (Å²) in [6, 6.07) is 1.89. The Morgan fingerprint density at radius 2 is 2.13 bits per heavy atom. The van der Waals surface area contributed by atoms with Gasteiger partial charge in [-0.3, -0.25) is 4.98 Å². The summed E-state index contributed by atoms with van der Waals surface area (Å²) >= 11 is 0. The maximum absolute atomic E-state index is 4.34. The molecule has 4 nitrogen and oxygen atoms in total. The van der Waals surface area contributed by atoms with Crippen LogP contribution in [0.15, 0.2) is 28.7 Å². The highest BCUT2D eigenvalue weighted by molar-refractivity contribution is 5.64. The van der Waals surface area contributed by atoms with E-state index >= 15 is 0 Å². The fourth-order valence-electron chi connectivity index (χ4n) is 2.38. The molecule has 78 valence electrons. The normalized spacial score (nSPS) is 24.9. The first-order valence-electron chi connectivity index (χ1n) is 5.55. The van der Waals surface area contributed by atoms with Gasteiger partial charge in [-0.25, -0.2) is 0 Å². The van der Waals surface area contributed by atoms with Crippen LogP contribution in [0.1, 0.15) is 25.7 Å². The van der Waals surface area contributed by atoms with Crippen molar-refractivity contribution in [1.82, 2.24) is 4.98 Å². The number of nitrogens with zero attached hydrogens (tertiary/aromatic N) is 3. The van der Waals surface area contributed by atoms with Crippen LogP contribution in [-0.4, -0.2) is 11.1 Å². The van der Waals surface area contributed by atoms with E-state index in [1.165, 1.54) is 25.7 Å². The molecule has 0 spiro atoms. The number of anilines is 1. The molecule has 0 amide bonds. The summed E-state index contributed by atoms with van der Waals surface area (Å²) in [6.07, 6.45) is 8.95. The Hall–Kier alpha value is -1.45. The molecule has 0 aromatic carbocycles. The lowest BCUT2D eigenvalue weighted by molar-refractivity contribution is 0.452. The Morgan fingerprint density at radius 3 is 3.00 bits per heavy atom. The van der Waals surface area contributed by atoms with Crippen molar-refractivity contribution in [1.29, 1.82) is 0 Å². The zero-order valence-electron chi connectivity index (χ0n) is 8.56. The first kappa shape index (κ1) is 8.83. The van der Waals surface area contributed by atoms with Crippen LogP contribution in [0.2, 0.25) is 0 Å². The molecular weight excluding hydrogens is 188 g/mol. The lowest BCUT2D eigenvalue weighted by Gasteiger charge is -2.24. The van der Waals surface area contributed by atoms with Crippen molar-refractivity contribution >= 4 is 11.4 Å². The standard InChI is InChI=1S/C11H14N4/c1-2-4-8(3-1)11-13-10-7-12-6-5-9(10)14-15-11/h5-8,11,13H,1-4H2. The molecule has 0 saturated heterocycles. The van der Waals surface area contributed by atoms with E-state index in [4.69, 9.17) is 0 Å². The summed E-state index contributed by atoms with van der Waals surface area (Å²) in [6.45, 7) is 0. The van der Waals surface area contributed by atoms with Gasteiger partial charge in [0.1, 0.15) is 11.9 Å². The smallest absolute Gasteiger partial charge is 0.143 e. The van der Waals surface area contributed by atoms with E-state index in [0.717, 1.165) is 11.4 Å². The van der Waals surface area contributed by atoms with Gasteiger partial charge in [0.15, 0.2) is 0 Å². The molecule has 0 bridgehead atoms. The van der Waals surface area contributed by atoms with Gasteiger partial charge in [0.2, 0.25) is 0 Å². The van der Waals surface area contributed by atoms with E-state index in [1.54, 1.807) is 6.20 Å². The fourth-order valence-corrected chi connectivity index (χ4v) is 2.38. The van der Waals surface area contributed by atoms with E-state index in [-0.39, 0.29) is 6.17 Å². The first-order valence-corrected chi connectivity index (χ1v) is 5.55. The van der Waals surface area contributed by atoms with Crippen LogP contribution in [0.25, 0.3) is 0 Å². The van der Waals surface area contributed by atoms with E-state index in [1.807, 2.05) is 12.3 Å². The van der Waals surface area contributed by atoms with Crippen molar-refractivity contribution in [3.63, 3.8) is 0 Å². The summed E-state index contributed by atoms with van der Waals surface area (Å²) in [5.41, 5.74) is 1.92. The molecule has 1 aliphatic heterocycles. The quantitative estimate of drug-likeness (QED) is 0.760. The van der Waals surface area contributed by atoms with Crippen molar-refractivity contribution < 1.29 is 0 Å². The highest BCUT2D eigenvalue weighted by Crippen LogP contribution is 2.35. The second-order valence-corrected chi connectivity index (χ2v) is 4.24. The van der Waals surface area contributed by atoms with Crippen LogP contribution in [0.3, 0.4) is 0 Å². The predicted octanol–water partition coefficient (Wildman–Crippen LogP) is 3.11. The van der Waals surface area contributed by atoms with Crippen molar-refractivity contribution in [2.45, 2.75) is 31.8 Å². The number of nitrogens with one attached hydrogen (secondary N) is 1. The number of rotatable bonds is 1. The number of pyridine rings is 1. The van der Waals surface area contributed by atoms with Crippen LogP contribution in [-0.2, 0) is 0 Å². The van der Waals surface area contributed by atoms with E-state index < -0.39 is 0 Å². The lowest BCUT2D eigenvalue weighted by atomic mass is 10.0. The van der Waals surface area contributed by atoms with Crippen molar-refractivity contribution in [2.24, 2.45) is 16.1 Å². The third-order valence-electron chi connectivity index (χ3n) is 3.24. The Bertz CT molecular complexity index is 382. The highest BCUT2D eigenvalue weighted by atomic mass is 15.3. The van der Waals surface area contributed by atoms with Gasteiger partial charge < -0.3 is 5.32 Å². The number of fused-ring (bicyclic) bond motifs is 1. The largest absolute Gasteiger partial charge is 0.359 e. The van der Waals surface area contributed by atoms with Gasteiger partial charge in [-0.05, 0) is 18.9 Å². The number of hydrogen-bond donors (Lipinski definition) is 1. The molecule has 1 atom stereocenters. The molecule has 4 heteroatoms. The topological polar surface area (TPSA) is 49.6 Å². The van der Waals surface area contributed by atoms with Gasteiger partial charge >= 0.3 is 0 Å². The minimum Gasteiger partial charge on any atom is -0.359 e. The third kappa shape index (κ3) is 1.60. The summed E-state index contributed by atoms with van der Waals surface area (Å²) in [4.78, 5) is 4.09. The van der Waals surface area contributed by atoms with Gasteiger partial charge in [-0.2, -0.15) is 10.2 Å². The monoisotopic (exact) mass is 202 g/mol. The molecule has 1 aliphatic carbocycles. The summed E-state index contributed by atoms with van der Waals surface area (Å²) in [5.74, 6) is 0.655.